The van der Waals surface area contributed by atoms with Crippen molar-refractivity contribution in [3.63, 3.8) is 0 Å². The second-order valence-electron chi connectivity index (χ2n) is 6.28. The molecule has 0 bridgehead atoms. The fourth-order valence-corrected chi connectivity index (χ4v) is 3.48. The minimum Gasteiger partial charge on any atom is -0.383 e. The van der Waals surface area contributed by atoms with Crippen molar-refractivity contribution < 1.29 is 9.50 Å². The van der Waals surface area contributed by atoms with Crippen LogP contribution in [0, 0.1) is 5.82 Å². The van der Waals surface area contributed by atoms with Gasteiger partial charge in [0.2, 0.25) is 0 Å². The van der Waals surface area contributed by atoms with Crippen molar-refractivity contribution in [2.75, 3.05) is 11.9 Å². The molecule has 2 aromatic carbocycles. The third kappa shape index (κ3) is 2.61. The highest BCUT2D eigenvalue weighted by Crippen LogP contribution is 2.35. The van der Waals surface area contributed by atoms with Crippen LogP contribution in [0.3, 0.4) is 0 Å². The van der Waals surface area contributed by atoms with E-state index in [0.717, 1.165) is 18.4 Å². The standard InChI is InChI=1S/C19H18FN3O/c20-14-7-8-17-15(10-14)18(23-12-22-17)21-11-19(24)9-3-5-13-4-1-2-6-16(13)19/h1-2,4,6-8,10,12,24H,3,5,9,11H2,(H,21,22,23). The maximum Gasteiger partial charge on any atom is 0.137 e. The molecule has 4 nitrogen and oxygen atoms in total. The van der Waals surface area contributed by atoms with E-state index in [0.29, 0.717) is 29.7 Å². The van der Waals surface area contributed by atoms with Crippen LogP contribution in [0.5, 0.6) is 0 Å². The average Bonchev–Trinajstić information content (AvgIpc) is 2.60. The second-order valence-corrected chi connectivity index (χ2v) is 6.28. The van der Waals surface area contributed by atoms with Crippen molar-refractivity contribution in [2.24, 2.45) is 0 Å². The molecule has 0 saturated heterocycles. The van der Waals surface area contributed by atoms with E-state index in [4.69, 9.17) is 0 Å². The third-order valence-corrected chi connectivity index (χ3v) is 4.70. The molecule has 1 heterocycles. The summed E-state index contributed by atoms with van der Waals surface area (Å²) in [5, 5.41) is 14.9. The fraction of sp³-hybridized carbons (Fsp3) is 0.263. The maximum atomic E-state index is 13.6. The van der Waals surface area contributed by atoms with Crippen LogP contribution in [0.4, 0.5) is 10.2 Å². The zero-order valence-corrected chi connectivity index (χ0v) is 13.2. The molecule has 0 saturated carbocycles. The molecular weight excluding hydrogens is 305 g/mol. The number of rotatable bonds is 3. The number of nitrogens with one attached hydrogen (secondary N) is 1. The minimum atomic E-state index is -0.945. The Hall–Kier alpha value is -2.53. The van der Waals surface area contributed by atoms with Gasteiger partial charge in [-0.1, -0.05) is 24.3 Å². The van der Waals surface area contributed by atoms with Gasteiger partial charge >= 0.3 is 0 Å². The van der Waals surface area contributed by atoms with Crippen molar-refractivity contribution in [2.45, 2.75) is 24.9 Å². The van der Waals surface area contributed by atoms with Crippen LogP contribution in [0.15, 0.2) is 48.8 Å². The second kappa shape index (κ2) is 5.83. The van der Waals surface area contributed by atoms with E-state index in [-0.39, 0.29) is 5.82 Å². The first-order chi connectivity index (χ1) is 11.7. The highest BCUT2D eigenvalue weighted by Gasteiger charge is 2.34. The number of fused-ring (bicyclic) bond motifs is 2. The van der Waals surface area contributed by atoms with Crippen LogP contribution in [-0.2, 0) is 12.0 Å². The summed E-state index contributed by atoms with van der Waals surface area (Å²) in [7, 11) is 0. The largest absolute Gasteiger partial charge is 0.383 e. The van der Waals surface area contributed by atoms with Gasteiger partial charge in [-0.25, -0.2) is 14.4 Å². The zero-order valence-electron chi connectivity index (χ0n) is 13.2. The van der Waals surface area contributed by atoms with Crippen LogP contribution >= 0.6 is 0 Å². The number of anilines is 1. The van der Waals surface area contributed by atoms with Gasteiger partial charge in [0.25, 0.3) is 0 Å². The predicted octanol–water partition coefficient (Wildman–Crippen LogP) is 3.40. The monoisotopic (exact) mass is 323 g/mol. The summed E-state index contributed by atoms with van der Waals surface area (Å²) in [4.78, 5) is 8.37. The molecule has 1 aromatic heterocycles. The molecule has 3 aromatic rings. The quantitative estimate of drug-likeness (QED) is 0.775. The molecule has 122 valence electrons. The number of aromatic nitrogens is 2. The Kier molecular flexibility index (Phi) is 3.65. The molecule has 0 radical (unpaired) electrons. The Bertz CT molecular complexity index is 899. The molecule has 2 N–H and O–H groups in total. The predicted molar refractivity (Wildman–Crippen MR) is 91.3 cm³/mol. The highest BCUT2D eigenvalue weighted by atomic mass is 19.1. The normalized spacial score (nSPS) is 19.9. The molecular formula is C19H18FN3O. The molecule has 0 amide bonds. The lowest BCUT2D eigenvalue weighted by molar-refractivity contribution is 0.0322. The summed E-state index contributed by atoms with van der Waals surface area (Å²) in [6.07, 6.45) is 4.06. The molecule has 1 unspecified atom stereocenters. The minimum absolute atomic E-state index is 0.326. The lowest BCUT2D eigenvalue weighted by Gasteiger charge is -2.34. The van der Waals surface area contributed by atoms with Gasteiger partial charge in [0.15, 0.2) is 0 Å². The number of hydrogen-bond acceptors (Lipinski definition) is 4. The van der Waals surface area contributed by atoms with Crippen molar-refractivity contribution in [3.05, 3.63) is 65.7 Å². The molecule has 1 aliphatic carbocycles. The van der Waals surface area contributed by atoms with Gasteiger partial charge in [0, 0.05) is 11.9 Å². The van der Waals surface area contributed by atoms with Gasteiger partial charge in [0.05, 0.1) is 5.52 Å². The number of benzene rings is 2. The van der Waals surface area contributed by atoms with Crippen LogP contribution in [0.25, 0.3) is 10.9 Å². The number of halogens is 1. The van der Waals surface area contributed by atoms with Gasteiger partial charge in [-0.15, -0.1) is 0 Å². The topological polar surface area (TPSA) is 58.0 Å². The van der Waals surface area contributed by atoms with Gasteiger partial charge in [0.1, 0.15) is 23.6 Å². The Morgan fingerprint density at radius 3 is 2.96 bits per heavy atom. The van der Waals surface area contributed by atoms with E-state index in [1.54, 1.807) is 6.07 Å². The van der Waals surface area contributed by atoms with Crippen molar-refractivity contribution in [1.82, 2.24) is 9.97 Å². The number of aliphatic hydroxyl groups is 1. The summed E-state index contributed by atoms with van der Waals surface area (Å²) in [5.74, 6) is 0.207. The SMILES string of the molecule is OC1(CNc2ncnc3ccc(F)cc23)CCCc2ccccc21. The Labute approximate surface area is 139 Å². The van der Waals surface area contributed by atoms with Gasteiger partial charge < -0.3 is 10.4 Å². The van der Waals surface area contributed by atoms with E-state index in [2.05, 4.69) is 21.4 Å². The molecule has 1 atom stereocenters. The fourth-order valence-electron chi connectivity index (χ4n) is 3.48. The number of nitrogens with zero attached hydrogens (tertiary/aromatic N) is 2. The molecule has 0 spiro atoms. The van der Waals surface area contributed by atoms with E-state index >= 15 is 0 Å². The first-order valence-corrected chi connectivity index (χ1v) is 8.11. The molecule has 0 fully saturated rings. The molecule has 0 aliphatic heterocycles. The summed E-state index contributed by atoms with van der Waals surface area (Å²) in [6, 6.07) is 12.4. The summed E-state index contributed by atoms with van der Waals surface area (Å²) < 4.78 is 13.6. The van der Waals surface area contributed by atoms with Gasteiger partial charge in [-0.2, -0.15) is 0 Å². The lowest BCUT2D eigenvalue weighted by Crippen LogP contribution is -2.37. The molecule has 24 heavy (non-hydrogen) atoms. The smallest absolute Gasteiger partial charge is 0.137 e. The van der Waals surface area contributed by atoms with E-state index in [1.165, 1.54) is 24.0 Å². The Balaban J connectivity index is 1.65. The summed E-state index contributed by atoms with van der Waals surface area (Å²) >= 11 is 0. The summed E-state index contributed by atoms with van der Waals surface area (Å²) in [5.41, 5.74) is 1.88. The molecule has 1 aliphatic rings. The Morgan fingerprint density at radius 1 is 1.17 bits per heavy atom. The summed E-state index contributed by atoms with van der Waals surface area (Å²) in [6.45, 7) is 0.326. The van der Waals surface area contributed by atoms with Gasteiger partial charge in [-0.3, -0.25) is 0 Å². The first-order valence-electron chi connectivity index (χ1n) is 8.11. The van der Waals surface area contributed by atoms with Crippen molar-refractivity contribution in [1.29, 1.82) is 0 Å². The molecule has 4 rings (SSSR count). The van der Waals surface area contributed by atoms with E-state index in [9.17, 15) is 9.50 Å². The lowest BCUT2D eigenvalue weighted by atomic mass is 9.79. The van der Waals surface area contributed by atoms with Gasteiger partial charge in [-0.05, 0) is 48.6 Å². The maximum absolute atomic E-state index is 13.6. The first kappa shape index (κ1) is 15.0. The highest BCUT2D eigenvalue weighted by molar-refractivity contribution is 5.88. The van der Waals surface area contributed by atoms with Crippen molar-refractivity contribution in [3.8, 4) is 0 Å². The van der Waals surface area contributed by atoms with Crippen molar-refractivity contribution >= 4 is 16.7 Å². The zero-order chi connectivity index (χ0) is 16.6. The van der Waals surface area contributed by atoms with E-state index in [1.807, 2.05) is 18.2 Å². The Morgan fingerprint density at radius 2 is 2.04 bits per heavy atom. The average molecular weight is 323 g/mol. The number of aryl methyl sites for hydroxylation is 1. The van der Waals surface area contributed by atoms with Crippen LogP contribution in [0.2, 0.25) is 0 Å². The van der Waals surface area contributed by atoms with Crippen LogP contribution < -0.4 is 5.32 Å². The third-order valence-electron chi connectivity index (χ3n) is 4.70. The molecule has 5 heteroatoms. The number of hydrogen-bond donors (Lipinski definition) is 2. The van der Waals surface area contributed by atoms with Crippen LogP contribution in [-0.4, -0.2) is 21.6 Å². The van der Waals surface area contributed by atoms with E-state index < -0.39 is 5.60 Å². The van der Waals surface area contributed by atoms with Crippen LogP contribution in [0.1, 0.15) is 24.0 Å².